The average Bonchev–Trinajstić information content (AvgIpc) is 3.04. The first kappa shape index (κ1) is 22.7. The summed E-state index contributed by atoms with van der Waals surface area (Å²) in [6.07, 6.45) is 0.289. The molecule has 1 aliphatic heterocycles. The molecule has 2 rings (SSSR count). The lowest BCUT2D eigenvalue weighted by Gasteiger charge is -2.38. The molecule has 158 valence electrons. The molecule has 0 bridgehead atoms. The van der Waals surface area contributed by atoms with Gasteiger partial charge in [-0.1, -0.05) is 32.9 Å². The van der Waals surface area contributed by atoms with E-state index in [-0.39, 0.29) is 17.2 Å². The summed E-state index contributed by atoms with van der Waals surface area (Å²) in [6, 6.07) is 7.42. The predicted molar refractivity (Wildman–Crippen MR) is 115 cm³/mol. The fourth-order valence-corrected chi connectivity index (χ4v) is 4.71. The van der Waals surface area contributed by atoms with Crippen molar-refractivity contribution in [1.82, 2.24) is 9.80 Å². The first-order valence-corrected chi connectivity index (χ1v) is 12.9. The Balaban J connectivity index is 2.10. The Kier molecular flexibility index (Phi) is 7.17. The third-order valence-electron chi connectivity index (χ3n) is 6.18. The zero-order chi connectivity index (χ0) is 21.1. The van der Waals surface area contributed by atoms with Crippen molar-refractivity contribution in [1.29, 1.82) is 0 Å². The van der Waals surface area contributed by atoms with Crippen molar-refractivity contribution < 1.29 is 19.1 Å². The Morgan fingerprint density at radius 1 is 1.39 bits per heavy atom. The summed E-state index contributed by atoms with van der Waals surface area (Å²) in [5.41, 5.74) is 0.943. The molecule has 0 spiro atoms. The lowest BCUT2D eigenvalue weighted by molar-refractivity contribution is 0.121. The molecule has 6 nitrogen and oxygen atoms in total. The number of likely N-dealkylation sites (tertiary alicyclic amines) is 1. The van der Waals surface area contributed by atoms with Crippen LogP contribution in [-0.4, -0.2) is 69.2 Å². The van der Waals surface area contributed by atoms with Gasteiger partial charge in [-0.05, 0) is 42.2 Å². The predicted octanol–water partition coefficient (Wildman–Crippen LogP) is 4.44. The number of methoxy groups -OCH3 is 1. The minimum Gasteiger partial charge on any atom is -0.497 e. The molecular weight excluding hydrogens is 372 g/mol. The van der Waals surface area contributed by atoms with Gasteiger partial charge in [0.25, 0.3) is 0 Å². The van der Waals surface area contributed by atoms with Gasteiger partial charge in [0.15, 0.2) is 8.32 Å². The number of carboxylic acid groups (broad SMARTS) is 1. The van der Waals surface area contributed by atoms with Crippen LogP contribution in [0.3, 0.4) is 0 Å². The van der Waals surface area contributed by atoms with Gasteiger partial charge in [0, 0.05) is 26.7 Å². The Labute approximate surface area is 170 Å². The molecule has 1 amide bonds. The highest BCUT2D eigenvalue weighted by molar-refractivity contribution is 6.74. The van der Waals surface area contributed by atoms with E-state index in [4.69, 9.17) is 9.16 Å². The summed E-state index contributed by atoms with van der Waals surface area (Å²) in [5.74, 6) is 0.738. The Hall–Kier alpha value is -1.57. The molecule has 7 heteroatoms. The van der Waals surface area contributed by atoms with E-state index in [0.717, 1.165) is 30.8 Å². The van der Waals surface area contributed by atoms with E-state index in [1.807, 2.05) is 24.3 Å². The van der Waals surface area contributed by atoms with E-state index in [2.05, 4.69) is 38.8 Å². The number of rotatable bonds is 7. The van der Waals surface area contributed by atoms with Gasteiger partial charge in [0.1, 0.15) is 5.75 Å². The molecule has 0 aromatic heterocycles. The van der Waals surface area contributed by atoms with Crippen LogP contribution in [0.25, 0.3) is 0 Å². The van der Waals surface area contributed by atoms with Crippen molar-refractivity contribution >= 4 is 14.4 Å². The first-order chi connectivity index (χ1) is 12.9. The number of amides is 1. The summed E-state index contributed by atoms with van der Waals surface area (Å²) in [5, 5.41) is 9.75. The van der Waals surface area contributed by atoms with Gasteiger partial charge in [-0.3, -0.25) is 4.90 Å². The number of benzene rings is 1. The maximum absolute atomic E-state index is 11.7. The van der Waals surface area contributed by atoms with Gasteiger partial charge < -0.3 is 19.2 Å². The van der Waals surface area contributed by atoms with Crippen molar-refractivity contribution in [3.8, 4) is 5.75 Å². The number of carbonyl (C=O) groups is 1. The van der Waals surface area contributed by atoms with E-state index in [0.29, 0.717) is 6.54 Å². The van der Waals surface area contributed by atoms with E-state index < -0.39 is 14.4 Å². The zero-order valence-corrected chi connectivity index (χ0v) is 19.4. The van der Waals surface area contributed by atoms with Gasteiger partial charge in [0.2, 0.25) is 0 Å². The third kappa shape index (κ3) is 5.49. The van der Waals surface area contributed by atoms with Crippen LogP contribution in [0.4, 0.5) is 4.79 Å². The van der Waals surface area contributed by atoms with Gasteiger partial charge >= 0.3 is 6.09 Å². The van der Waals surface area contributed by atoms with Crippen LogP contribution in [0.2, 0.25) is 18.1 Å². The van der Waals surface area contributed by atoms with Crippen LogP contribution in [0.1, 0.15) is 38.8 Å². The first-order valence-electron chi connectivity index (χ1n) is 9.94. The van der Waals surface area contributed by atoms with Crippen LogP contribution in [0, 0.1) is 0 Å². The zero-order valence-electron chi connectivity index (χ0n) is 18.4. The Morgan fingerprint density at radius 3 is 2.64 bits per heavy atom. The fraction of sp³-hybridized carbons (Fsp3) is 0.667. The SMILES string of the molecule is COc1cccc([C@@H](CN2CC[C@H](O[Si](C)(C)C(C)(C)C)C2)N(C)C(=O)O)c1. The lowest BCUT2D eigenvalue weighted by Crippen LogP contribution is -2.45. The molecule has 2 atom stereocenters. The normalized spacial score (nSPS) is 19.5. The molecule has 0 unspecified atom stereocenters. The van der Waals surface area contributed by atoms with Crippen molar-refractivity contribution in [2.75, 3.05) is 33.8 Å². The highest BCUT2D eigenvalue weighted by atomic mass is 28.4. The van der Waals surface area contributed by atoms with E-state index in [1.54, 1.807) is 14.2 Å². The molecule has 0 radical (unpaired) electrons. The van der Waals surface area contributed by atoms with E-state index >= 15 is 0 Å². The molecule has 0 saturated carbocycles. The molecule has 1 aromatic carbocycles. The molecule has 1 aromatic rings. The molecule has 1 aliphatic rings. The molecule has 1 fully saturated rings. The summed E-state index contributed by atoms with van der Waals surface area (Å²) < 4.78 is 11.9. The third-order valence-corrected chi connectivity index (χ3v) is 10.7. The second-order valence-electron chi connectivity index (χ2n) is 9.23. The van der Waals surface area contributed by atoms with Crippen molar-refractivity contribution in [3.63, 3.8) is 0 Å². The van der Waals surface area contributed by atoms with E-state index in [1.165, 1.54) is 4.90 Å². The van der Waals surface area contributed by atoms with Gasteiger partial charge in [0.05, 0.1) is 19.3 Å². The molecule has 0 aliphatic carbocycles. The van der Waals surface area contributed by atoms with Crippen molar-refractivity contribution in [2.45, 2.75) is 57.5 Å². The number of hydrogen-bond acceptors (Lipinski definition) is 4. The summed E-state index contributed by atoms with van der Waals surface area (Å²) in [4.78, 5) is 15.4. The van der Waals surface area contributed by atoms with Crippen LogP contribution >= 0.6 is 0 Å². The average molecular weight is 409 g/mol. The molecular formula is C21H36N2O4Si. The smallest absolute Gasteiger partial charge is 0.407 e. The number of likely N-dealkylation sites (N-methyl/N-ethyl adjacent to an activating group) is 1. The quantitative estimate of drug-likeness (QED) is 0.676. The standard InChI is InChI=1S/C21H36N2O4Si/c1-21(2,3)28(6,7)27-18-11-12-23(14-18)15-19(22(4)20(24)25)16-9-8-10-17(13-16)26-5/h8-10,13,18-19H,11-12,14-15H2,1-7H3,(H,24,25)/t18-,19+/m0/s1. The fourth-order valence-electron chi connectivity index (χ4n) is 3.33. The number of ether oxygens (including phenoxy) is 1. The van der Waals surface area contributed by atoms with Gasteiger partial charge in [-0.15, -0.1) is 0 Å². The minimum absolute atomic E-state index is 0.188. The summed E-state index contributed by atoms with van der Waals surface area (Å²) >= 11 is 0. The topological polar surface area (TPSA) is 62.2 Å². The highest BCUT2D eigenvalue weighted by Gasteiger charge is 2.40. The summed E-state index contributed by atoms with van der Waals surface area (Å²) in [7, 11) is 1.45. The van der Waals surface area contributed by atoms with Crippen molar-refractivity contribution in [2.24, 2.45) is 0 Å². The molecule has 1 heterocycles. The van der Waals surface area contributed by atoms with E-state index in [9.17, 15) is 9.90 Å². The maximum atomic E-state index is 11.7. The summed E-state index contributed by atoms with van der Waals surface area (Å²) in [6.45, 7) is 13.8. The molecule has 1 N–H and O–H groups in total. The Morgan fingerprint density at radius 2 is 2.07 bits per heavy atom. The largest absolute Gasteiger partial charge is 0.497 e. The van der Waals surface area contributed by atoms with Gasteiger partial charge in [-0.25, -0.2) is 4.79 Å². The van der Waals surface area contributed by atoms with Crippen LogP contribution in [-0.2, 0) is 4.43 Å². The monoisotopic (exact) mass is 408 g/mol. The van der Waals surface area contributed by atoms with Gasteiger partial charge in [-0.2, -0.15) is 0 Å². The molecule has 1 saturated heterocycles. The maximum Gasteiger partial charge on any atom is 0.407 e. The highest BCUT2D eigenvalue weighted by Crippen LogP contribution is 2.38. The minimum atomic E-state index is -1.80. The number of nitrogens with zero attached hydrogens (tertiary/aromatic N) is 2. The van der Waals surface area contributed by atoms with Crippen molar-refractivity contribution in [3.05, 3.63) is 29.8 Å². The Bertz CT molecular complexity index is 675. The lowest BCUT2D eigenvalue weighted by atomic mass is 10.0. The second kappa shape index (κ2) is 8.84. The molecule has 28 heavy (non-hydrogen) atoms. The second-order valence-corrected chi connectivity index (χ2v) is 14.0. The van der Waals surface area contributed by atoms with Crippen LogP contribution in [0.5, 0.6) is 5.75 Å². The van der Waals surface area contributed by atoms with Crippen LogP contribution in [0.15, 0.2) is 24.3 Å². The van der Waals surface area contributed by atoms with Crippen LogP contribution < -0.4 is 4.74 Å². The number of hydrogen-bond donors (Lipinski definition) is 1.